The zero-order chi connectivity index (χ0) is 12.8. The summed E-state index contributed by atoms with van der Waals surface area (Å²) in [6.07, 6.45) is 0. The molecule has 6 heteroatoms. The molecule has 0 aliphatic carbocycles. The highest BCUT2D eigenvalue weighted by Gasteiger charge is 2.11. The van der Waals surface area contributed by atoms with E-state index in [0.717, 1.165) is 0 Å². The van der Waals surface area contributed by atoms with Crippen LogP contribution in [0.25, 0.3) is 0 Å². The molecular formula is C11H12N2O4. The van der Waals surface area contributed by atoms with E-state index in [4.69, 9.17) is 0 Å². The van der Waals surface area contributed by atoms with Crippen molar-refractivity contribution < 1.29 is 19.1 Å². The Morgan fingerprint density at radius 2 is 1.65 bits per heavy atom. The standard InChI is InChI=1S/C11H12N2O4/c1-12-9(14)10(15)13-8-5-3-7(4-6-8)11(16)17-2/h3-6H,1-2H3,(H,12,14)(H,13,15). The molecule has 0 saturated carbocycles. The topological polar surface area (TPSA) is 84.5 Å². The van der Waals surface area contributed by atoms with Gasteiger partial charge in [-0.05, 0) is 24.3 Å². The predicted molar refractivity (Wildman–Crippen MR) is 60.5 cm³/mol. The maximum atomic E-state index is 11.2. The van der Waals surface area contributed by atoms with E-state index in [1.807, 2.05) is 0 Å². The molecule has 1 aromatic carbocycles. The SMILES string of the molecule is CNC(=O)C(=O)Nc1ccc(C(=O)OC)cc1. The average Bonchev–Trinajstić information content (AvgIpc) is 2.37. The molecule has 0 aliphatic heterocycles. The predicted octanol–water partition coefficient (Wildman–Crippen LogP) is 0.158. The largest absolute Gasteiger partial charge is 0.465 e. The summed E-state index contributed by atoms with van der Waals surface area (Å²) >= 11 is 0. The van der Waals surface area contributed by atoms with E-state index < -0.39 is 17.8 Å². The molecule has 1 rings (SSSR count). The minimum atomic E-state index is -0.765. The second kappa shape index (κ2) is 5.64. The number of anilines is 1. The first kappa shape index (κ1) is 12.7. The molecule has 2 N–H and O–H groups in total. The molecular weight excluding hydrogens is 224 g/mol. The van der Waals surface area contributed by atoms with Crippen LogP contribution in [-0.2, 0) is 14.3 Å². The minimum Gasteiger partial charge on any atom is -0.465 e. The number of rotatable bonds is 2. The van der Waals surface area contributed by atoms with Crippen LogP contribution in [0.4, 0.5) is 5.69 Å². The highest BCUT2D eigenvalue weighted by molar-refractivity contribution is 6.39. The fourth-order valence-electron chi connectivity index (χ4n) is 1.11. The van der Waals surface area contributed by atoms with E-state index >= 15 is 0 Å². The van der Waals surface area contributed by atoms with Crippen LogP contribution in [0.1, 0.15) is 10.4 Å². The van der Waals surface area contributed by atoms with Gasteiger partial charge in [0.25, 0.3) is 0 Å². The van der Waals surface area contributed by atoms with Crippen LogP contribution in [-0.4, -0.2) is 31.9 Å². The molecule has 0 unspecified atom stereocenters. The molecule has 0 aromatic heterocycles. The minimum absolute atomic E-state index is 0.366. The van der Waals surface area contributed by atoms with Gasteiger partial charge in [-0.2, -0.15) is 0 Å². The van der Waals surface area contributed by atoms with Gasteiger partial charge in [0.1, 0.15) is 0 Å². The lowest BCUT2D eigenvalue weighted by Crippen LogP contribution is -2.32. The number of benzene rings is 1. The van der Waals surface area contributed by atoms with Crippen molar-refractivity contribution in [3.63, 3.8) is 0 Å². The van der Waals surface area contributed by atoms with Crippen molar-refractivity contribution in [2.24, 2.45) is 0 Å². The number of carbonyl (C=O) groups excluding carboxylic acids is 3. The fraction of sp³-hybridized carbons (Fsp3) is 0.182. The summed E-state index contributed by atoms with van der Waals surface area (Å²) in [6, 6.07) is 6.00. The van der Waals surface area contributed by atoms with Gasteiger partial charge in [-0.3, -0.25) is 9.59 Å². The smallest absolute Gasteiger partial charge is 0.337 e. The highest BCUT2D eigenvalue weighted by Crippen LogP contribution is 2.10. The summed E-state index contributed by atoms with van der Waals surface area (Å²) in [5, 5.41) is 4.57. The first-order valence-electron chi connectivity index (χ1n) is 4.80. The molecule has 0 spiro atoms. The van der Waals surface area contributed by atoms with E-state index in [1.54, 1.807) is 0 Å². The van der Waals surface area contributed by atoms with Crippen molar-refractivity contribution in [3.05, 3.63) is 29.8 Å². The molecule has 2 amide bonds. The molecule has 90 valence electrons. The van der Waals surface area contributed by atoms with Crippen LogP contribution in [0.15, 0.2) is 24.3 Å². The van der Waals surface area contributed by atoms with Gasteiger partial charge in [0.2, 0.25) is 0 Å². The van der Waals surface area contributed by atoms with E-state index in [9.17, 15) is 14.4 Å². The lowest BCUT2D eigenvalue weighted by Gasteiger charge is -2.04. The number of amides is 2. The molecule has 1 aromatic rings. The van der Waals surface area contributed by atoms with Gasteiger partial charge < -0.3 is 15.4 Å². The van der Waals surface area contributed by atoms with Crippen LogP contribution in [0.3, 0.4) is 0 Å². The van der Waals surface area contributed by atoms with Crippen molar-refractivity contribution in [3.8, 4) is 0 Å². The molecule has 0 aliphatic rings. The van der Waals surface area contributed by atoms with Crippen molar-refractivity contribution >= 4 is 23.5 Å². The van der Waals surface area contributed by atoms with Crippen LogP contribution < -0.4 is 10.6 Å². The van der Waals surface area contributed by atoms with E-state index in [-0.39, 0.29) is 0 Å². The van der Waals surface area contributed by atoms with Crippen LogP contribution in [0.2, 0.25) is 0 Å². The second-order valence-electron chi connectivity index (χ2n) is 3.10. The maximum absolute atomic E-state index is 11.2. The number of ether oxygens (including phenoxy) is 1. The highest BCUT2D eigenvalue weighted by atomic mass is 16.5. The number of methoxy groups -OCH3 is 1. The number of hydrogen-bond acceptors (Lipinski definition) is 4. The first-order valence-corrected chi connectivity index (χ1v) is 4.80. The average molecular weight is 236 g/mol. The Morgan fingerprint density at radius 1 is 1.06 bits per heavy atom. The van der Waals surface area contributed by atoms with Crippen molar-refractivity contribution in [1.29, 1.82) is 0 Å². The van der Waals surface area contributed by atoms with Gasteiger partial charge in [-0.1, -0.05) is 0 Å². The quantitative estimate of drug-likeness (QED) is 0.565. The van der Waals surface area contributed by atoms with E-state index in [2.05, 4.69) is 15.4 Å². The fourth-order valence-corrected chi connectivity index (χ4v) is 1.11. The Morgan fingerprint density at radius 3 is 2.12 bits per heavy atom. The molecule has 0 fully saturated rings. The van der Waals surface area contributed by atoms with Gasteiger partial charge >= 0.3 is 17.8 Å². The Kier molecular flexibility index (Phi) is 4.21. The second-order valence-corrected chi connectivity index (χ2v) is 3.10. The molecule has 0 saturated heterocycles. The molecule has 17 heavy (non-hydrogen) atoms. The van der Waals surface area contributed by atoms with Gasteiger partial charge in [0.05, 0.1) is 12.7 Å². The maximum Gasteiger partial charge on any atom is 0.337 e. The third-order valence-corrected chi connectivity index (χ3v) is 2.00. The van der Waals surface area contributed by atoms with Crippen molar-refractivity contribution in [2.45, 2.75) is 0 Å². The lowest BCUT2D eigenvalue weighted by atomic mass is 10.2. The number of carbonyl (C=O) groups is 3. The van der Waals surface area contributed by atoms with Gasteiger partial charge in [-0.15, -0.1) is 0 Å². The monoisotopic (exact) mass is 236 g/mol. The first-order chi connectivity index (χ1) is 8.08. The molecule has 0 heterocycles. The number of likely N-dealkylation sites (N-methyl/N-ethyl adjacent to an activating group) is 1. The Labute approximate surface area is 98.0 Å². The third kappa shape index (κ3) is 3.30. The third-order valence-electron chi connectivity index (χ3n) is 2.00. The van der Waals surface area contributed by atoms with Crippen LogP contribution in [0.5, 0.6) is 0 Å². The Balaban J connectivity index is 2.72. The van der Waals surface area contributed by atoms with Gasteiger partial charge in [0, 0.05) is 12.7 Å². The Hall–Kier alpha value is -2.37. The lowest BCUT2D eigenvalue weighted by molar-refractivity contribution is -0.135. The molecule has 0 atom stereocenters. The zero-order valence-corrected chi connectivity index (χ0v) is 9.44. The van der Waals surface area contributed by atoms with Gasteiger partial charge in [-0.25, -0.2) is 4.79 Å². The summed E-state index contributed by atoms with van der Waals surface area (Å²) < 4.78 is 4.52. The number of esters is 1. The summed E-state index contributed by atoms with van der Waals surface area (Å²) in [5.41, 5.74) is 0.789. The summed E-state index contributed by atoms with van der Waals surface area (Å²) in [6.45, 7) is 0. The molecule has 6 nitrogen and oxygen atoms in total. The molecule has 0 radical (unpaired) electrons. The Bertz CT molecular complexity index is 439. The number of nitrogens with one attached hydrogen (secondary N) is 2. The van der Waals surface area contributed by atoms with Crippen LogP contribution in [0, 0.1) is 0 Å². The number of hydrogen-bond donors (Lipinski definition) is 2. The summed E-state index contributed by atoms with van der Waals surface area (Å²) in [5.74, 6) is -1.96. The normalized spacial score (nSPS) is 9.29. The van der Waals surface area contributed by atoms with Crippen LogP contribution >= 0.6 is 0 Å². The summed E-state index contributed by atoms with van der Waals surface area (Å²) in [4.78, 5) is 33.3. The van der Waals surface area contributed by atoms with E-state index in [1.165, 1.54) is 38.4 Å². The van der Waals surface area contributed by atoms with Crippen molar-refractivity contribution in [2.75, 3.05) is 19.5 Å². The van der Waals surface area contributed by atoms with Gasteiger partial charge in [0.15, 0.2) is 0 Å². The molecule has 0 bridgehead atoms. The van der Waals surface area contributed by atoms with Crippen molar-refractivity contribution in [1.82, 2.24) is 5.32 Å². The van der Waals surface area contributed by atoms with E-state index in [0.29, 0.717) is 11.3 Å². The summed E-state index contributed by atoms with van der Waals surface area (Å²) in [7, 11) is 2.64. The zero-order valence-electron chi connectivity index (χ0n) is 9.44.